The molecular weight excluding hydrogens is 276 g/mol. The quantitative estimate of drug-likeness (QED) is 0.593. The van der Waals surface area contributed by atoms with E-state index in [9.17, 15) is 9.90 Å². The topological polar surface area (TPSA) is 64.5 Å². The molecule has 4 heteroatoms. The fraction of sp³-hybridized carbons (Fsp3) is 0. The van der Waals surface area contributed by atoms with Crippen molar-refractivity contribution in [3.05, 3.63) is 77.9 Å². The summed E-state index contributed by atoms with van der Waals surface area (Å²) in [6.07, 6.45) is 1.72. The van der Waals surface area contributed by atoms with Crippen molar-refractivity contribution in [2.75, 3.05) is 5.43 Å². The number of rotatable bonds is 4. The van der Waals surface area contributed by atoms with E-state index in [1.54, 1.807) is 18.3 Å². The normalized spacial score (nSPS) is 10.9. The van der Waals surface area contributed by atoms with Crippen LogP contribution in [0, 0.1) is 0 Å². The maximum absolute atomic E-state index is 10.7. The lowest BCUT2D eigenvalue weighted by Gasteiger charge is -2.04. The SMILES string of the molecule is O=C([O-])c1ccc(N/N=C\c2ccc3ccccc3c2)cc1. The zero-order chi connectivity index (χ0) is 15.4. The van der Waals surface area contributed by atoms with E-state index in [1.165, 1.54) is 17.5 Å². The van der Waals surface area contributed by atoms with Crippen LogP contribution in [-0.2, 0) is 0 Å². The molecule has 0 atom stereocenters. The van der Waals surface area contributed by atoms with Crippen molar-refractivity contribution in [2.24, 2.45) is 5.10 Å². The van der Waals surface area contributed by atoms with Crippen molar-refractivity contribution in [1.29, 1.82) is 0 Å². The summed E-state index contributed by atoms with van der Waals surface area (Å²) < 4.78 is 0. The number of benzene rings is 3. The second kappa shape index (κ2) is 6.10. The minimum absolute atomic E-state index is 0.143. The van der Waals surface area contributed by atoms with Crippen molar-refractivity contribution in [3.8, 4) is 0 Å². The van der Waals surface area contributed by atoms with Crippen LogP contribution in [-0.4, -0.2) is 12.2 Å². The first kappa shape index (κ1) is 13.8. The third-order valence-electron chi connectivity index (χ3n) is 3.30. The molecule has 0 aliphatic carbocycles. The molecule has 3 rings (SSSR count). The van der Waals surface area contributed by atoms with Gasteiger partial charge in [-0.3, -0.25) is 5.43 Å². The van der Waals surface area contributed by atoms with Crippen LogP contribution in [0.1, 0.15) is 15.9 Å². The van der Waals surface area contributed by atoms with Gasteiger partial charge in [-0.15, -0.1) is 0 Å². The predicted molar refractivity (Wildman–Crippen MR) is 85.9 cm³/mol. The zero-order valence-electron chi connectivity index (χ0n) is 11.7. The first-order valence-corrected chi connectivity index (χ1v) is 6.82. The van der Waals surface area contributed by atoms with Gasteiger partial charge in [0.2, 0.25) is 0 Å². The van der Waals surface area contributed by atoms with E-state index >= 15 is 0 Å². The number of carbonyl (C=O) groups is 1. The summed E-state index contributed by atoms with van der Waals surface area (Å²) in [7, 11) is 0. The van der Waals surface area contributed by atoms with Gasteiger partial charge < -0.3 is 9.90 Å². The summed E-state index contributed by atoms with van der Waals surface area (Å²) in [6.45, 7) is 0. The van der Waals surface area contributed by atoms with Crippen LogP contribution >= 0.6 is 0 Å². The van der Waals surface area contributed by atoms with Gasteiger partial charge in [-0.05, 0) is 40.1 Å². The highest BCUT2D eigenvalue weighted by Gasteiger charge is 1.95. The molecule has 0 fully saturated rings. The van der Waals surface area contributed by atoms with Crippen LogP contribution in [0.25, 0.3) is 10.8 Å². The van der Waals surface area contributed by atoms with E-state index in [4.69, 9.17) is 0 Å². The number of hydrogen-bond acceptors (Lipinski definition) is 4. The molecule has 3 aromatic rings. The van der Waals surface area contributed by atoms with Gasteiger partial charge in [-0.1, -0.05) is 48.5 Å². The molecule has 22 heavy (non-hydrogen) atoms. The van der Waals surface area contributed by atoms with Crippen LogP contribution < -0.4 is 10.5 Å². The second-order valence-electron chi connectivity index (χ2n) is 4.84. The molecule has 0 saturated carbocycles. The van der Waals surface area contributed by atoms with Gasteiger partial charge in [0.1, 0.15) is 0 Å². The lowest BCUT2D eigenvalue weighted by molar-refractivity contribution is -0.255. The standard InChI is InChI=1S/C18H14N2O2/c21-18(22)15-7-9-17(10-8-15)20-19-12-13-5-6-14-3-1-2-4-16(14)11-13/h1-12,20H,(H,21,22)/p-1/b19-12-. The summed E-state index contributed by atoms with van der Waals surface area (Å²) >= 11 is 0. The second-order valence-corrected chi connectivity index (χ2v) is 4.84. The van der Waals surface area contributed by atoms with Crippen molar-refractivity contribution in [2.45, 2.75) is 0 Å². The van der Waals surface area contributed by atoms with Crippen molar-refractivity contribution in [3.63, 3.8) is 0 Å². The number of carboxylic acid groups (broad SMARTS) is 1. The molecule has 0 aliphatic rings. The van der Waals surface area contributed by atoms with E-state index < -0.39 is 5.97 Å². The average molecular weight is 289 g/mol. The summed E-state index contributed by atoms with van der Waals surface area (Å²) in [5.74, 6) is -1.19. The Bertz CT molecular complexity index is 839. The van der Waals surface area contributed by atoms with Crippen LogP contribution in [0.5, 0.6) is 0 Å². The van der Waals surface area contributed by atoms with E-state index in [2.05, 4.69) is 28.7 Å². The van der Waals surface area contributed by atoms with E-state index in [0.717, 1.165) is 10.9 Å². The van der Waals surface area contributed by atoms with Crippen LogP contribution in [0.3, 0.4) is 0 Å². The Morgan fingerprint density at radius 2 is 1.68 bits per heavy atom. The van der Waals surface area contributed by atoms with Crippen LogP contribution in [0.15, 0.2) is 71.8 Å². The Hall–Kier alpha value is -3.14. The molecule has 4 nitrogen and oxygen atoms in total. The fourth-order valence-corrected chi connectivity index (χ4v) is 2.15. The third-order valence-corrected chi connectivity index (χ3v) is 3.30. The summed E-state index contributed by atoms with van der Waals surface area (Å²) in [5.41, 5.74) is 4.70. The van der Waals surface area contributed by atoms with Gasteiger partial charge in [-0.2, -0.15) is 5.10 Å². The number of nitrogens with one attached hydrogen (secondary N) is 1. The maximum Gasteiger partial charge on any atom is 0.0715 e. The minimum atomic E-state index is -1.19. The van der Waals surface area contributed by atoms with E-state index in [-0.39, 0.29) is 5.56 Å². The lowest BCUT2D eigenvalue weighted by Crippen LogP contribution is -2.21. The Balaban J connectivity index is 1.71. The Labute approximate surface area is 127 Å². The molecule has 0 saturated heterocycles. The van der Waals surface area contributed by atoms with Gasteiger partial charge in [-0.25, -0.2) is 0 Å². The average Bonchev–Trinajstić information content (AvgIpc) is 2.55. The number of hydrazone groups is 1. The van der Waals surface area contributed by atoms with Crippen molar-refractivity contribution >= 4 is 28.6 Å². The number of carbonyl (C=O) groups excluding carboxylic acids is 1. The Kier molecular flexibility index (Phi) is 3.83. The molecule has 0 radical (unpaired) electrons. The molecule has 0 aliphatic heterocycles. The van der Waals surface area contributed by atoms with Gasteiger partial charge in [0.05, 0.1) is 17.9 Å². The molecule has 0 bridgehead atoms. The monoisotopic (exact) mass is 289 g/mol. The Morgan fingerprint density at radius 3 is 2.41 bits per heavy atom. The highest BCUT2D eigenvalue weighted by molar-refractivity contribution is 5.90. The van der Waals surface area contributed by atoms with Gasteiger partial charge in [0, 0.05) is 0 Å². The number of aromatic carboxylic acids is 1. The molecule has 1 N–H and O–H groups in total. The number of carboxylic acids is 1. The highest BCUT2D eigenvalue weighted by Crippen LogP contribution is 2.14. The molecule has 0 amide bonds. The lowest BCUT2D eigenvalue weighted by atomic mass is 10.1. The molecule has 0 spiro atoms. The van der Waals surface area contributed by atoms with E-state index in [0.29, 0.717) is 5.69 Å². The first-order valence-electron chi connectivity index (χ1n) is 6.82. The smallest absolute Gasteiger partial charge is 0.0715 e. The van der Waals surface area contributed by atoms with Gasteiger partial charge in [0.15, 0.2) is 0 Å². The molecule has 0 aromatic heterocycles. The molecule has 108 valence electrons. The van der Waals surface area contributed by atoms with Crippen LogP contribution in [0.4, 0.5) is 5.69 Å². The minimum Gasteiger partial charge on any atom is -0.545 e. The Morgan fingerprint density at radius 1 is 0.955 bits per heavy atom. The zero-order valence-corrected chi connectivity index (χ0v) is 11.7. The largest absolute Gasteiger partial charge is 0.545 e. The number of anilines is 1. The predicted octanol–water partition coefficient (Wildman–Crippen LogP) is 2.65. The number of fused-ring (bicyclic) bond motifs is 1. The van der Waals surface area contributed by atoms with Gasteiger partial charge >= 0.3 is 0 Å². The number of nitrogens with zero attached hydrogens (tertiary/aromatic N) is 1. The molecule has 3 aromatic carbocycles. The first-order chi connectivity index (χ1) is 10.7. The number of hydrogen-bond donors (Lipinski definition) is 1. The third kappa shape index (κ3) is 3.12. The van der Waals surface area contributed by atoms with E-state index in [1.807, 2.05) is 24.3 Å². The van der Waals surface area contributed by atoms with Gasteiger partial charge in [0.25, 0.3) is 0 Å². The maximum atomic E-state index is 10.7. The fourth-order valence-electron chi connectivity index (χ4n) is 2.15. The summed E-state index contributed by atoms with van der Waals surface area (Å²) in [4.78, 5) is 10.7. The van der Waals surface area contributed by atoms with Crippen molar-refractivity contribution < 1.29 is 9.90 Å². The summed E-state index contributed by atoms with van der Waals surface area (Å²) in [6, 6.07) is 20.5. The molecule has 0 heterocycles. The molecule has 0 unspecified atom stereocenters. The highest BCUT2D eigenvalue weighted by atomic mass is 16.4. The van der Waals surface area contributed by atoms with Crippen molar-refractivity contribution in [1.82, 2.24) is 0 Å². The molecular formula is C18H13N2O2-. The van der Waals surface area contributed by atoms with Crippen LogP contribution in [0.2, 0.25) is 0 Å². The summed E-state index contributed by atoms with van der Waals surface area (Å²) in [5, 5.41) is 17.2.